The van der Waals surface area contributed by atoms with Gasteiger partial charge in [0.1, 0.15) is 11.8 Å². The first kappa shape index (κ1) is 12.1. The predicted molar refractivity (Wildman–Crippen MR) is 64.7 cm³/mol. The van der Waals surface area contributed by atoms with Crippen LogP contribution in [0.3, 0.4) is 0 Å². The van der Waals surface area contributed by atoms with Gasteiger partial charge in [0.25, 0.3) is 0 Å². The number of H-pyrrole nitrogens is 1. The van der Waals surface area contributed by atoms with E-state index in [1.165, 1.54) is 18.3 Å². The first-order valence-electron chi connectivity index (χ1n) is 5.13. The third-order valence-corrected chi connectivity index (χ3v) is 2.69. The summed E-state index contributed by atoms with van der Waals surface area (Å²) in [4.78, 5) is 13.7. The van der Waals surface area contributed by atoms with Crippen molar-refractivity contribution < 1.29 is 19.4 Å². The number of aromatic hydroxyl groups is 1. The molecule has 0 radical (unpaired) electrons. The Morgan fingerprint density at radius 3 is 2.83 bits per heavy atom. The number of fused-ring (bicyclic) bond motifs is 1. The van der Waals surface area contributed by atoms with Crippen molar-refractivity contribution in [2.75, 3.05) is 0 Å². The minimum absolute atomic E-state index is 0.00505. The summed E-state index contributed by atoms with van der Waals surface area (Å²) in [6, 6.07) is 3.03. The molecule has 1 unspecified atom stereocenters. The summed E-state index contributed by atoms with van der Waals surface area (Å²) in [6.07, 6.45) is 1.63. The summed E-state index contributed by atoms with van der Waals surface area (Å²) in [6.45, 7) is 0. The van der Waals surface area contributed by atoms with Crippen molar-refractivity contribution in [2.24, 2.45) is 5.73 Å². The van der Waals surface area contributed by atoms with Crippen LogP contribution in [0.4, 0.5) is 4.39 Å². The largest absolute Gasteiger partial charge is 0.508 e. The Bertz CT molecular complexity index is 633. The van der Waals surface area contributed by atoms with Crippen molar-refractivity contribution in [1.82, 2.24) is 4.98 Å². The van der Waals surface area contributed by atoms with Crippen LogP contribution in [0.1, 0.15) is 5.56 Å². The van der Waals surface area contributed by atoms with E-state index in [0.717, 1.165) is 0 Å². The van der Waals surface area contributed by atoms with E-state index in [-0.39, 0.29) is 17.7 Å². The maximum atomic E-state index is 12.9. The normalized spacial score (nSPS) is 13.8. The van der Waals surface area contributed by atoms with E-state index < -0.39 is 12.0 Å². The molecule has 2 rings (SSSR count). The topological polar surface area (TPSA) is 99.3 Å². The number of rotatable bonds is 3. The predicted octanol–water partition coefficient (Wildman–Crippen LogP) is 1.60. The molecule has 0 aliphatic heterocycles. The molecule has 94 valence electrons. The average molecular weight is 250 g/mol. The van der Waals surface area contributed by atoms with Gasteiger partial charge in [-0.2, -0.15) is 0 Å². The molecule has 0 bridgehead atoms. The first-order valence-corrected chi connectivity index (χ1v) is 5.13. The highest BCUT2D eigenvalue weighted by Gasteiger charge is 2.21. The molecule has 0 amide bonds. The van der Waals surface area contributed by atoms with Crippen molar-refractivity contribution in [3.05, 3.63) is 36.3 Å². The summed E-state index contributed by atoms with van der Waals surface area (Å²) in [5, 5.41) is 18.7. The highest BCUT2D eigenvalue weighted by Crippen LogP contribution is 2.29. The van der Waals surface area contributed by atoms with Crippen LogP contribution in [0.15, 0.2) is 30.7 Å². The number of hydrogen-bond donors (Lipinski definition) is 4. The number of carboxylic acids is 1. The number of phenolic OH excluding ortho intramolecular Hbond substituents is 1. The van der Waals surface area contributed by atoms with E-state index in [4.69, 9.17) is 10.8 Å². The standard InChI is InChI=1S/C12H11FN2O3/c13-4-8(11(14)12(17)18)9-5-15-10-2-1-6(16)3-7(9)10/h1-5,11,15-16H,14H2,(H,17,18)/b8-4-. The number of carboxylic acid groups (broad SMARTS) is 1. The molecule has 5 nitrogen and oxygen atoms in total. The van der Waals surface area contributed by atoms with Crippen LogP contribution in [0, 0.1) is 0 Å². The van der Waals surface area contributed by atoms with E-state index in [0.29, 0.717) is 16.5 Å². The van der Waals surface area contributed by atoms with Crippen LogP contribution in [0.5, 0.6) is 5.75 Å². The number of carbonyl (C=O) groups is 1. The fraction of sp³-hybridized carbons (Fsp3) is 0.0833. The minimum Gasteiger partial charge on any atom is -0.508 e. The number of aliphatic carboxylic acids is 1. The summed E-state index contributed by atoms with van der Waals surface area (Å²) >= 11 is 0. The number of phenols is 1. The Labute approximate surface area is 101 Å². The lowest BCUT2D eigenvalue weighted by Gasteiger charge is -2.09. The zero-order valence-corrected chi connectivity index (χ0v) is 9.22. The second-order valence-electron chi connectivity index (χ2n) is 3.81. The number of halogens is 1. The van der Waals surface area contributed by atoms with Gasteiger partial charge in [-0.1, -0.05) is 0 Å². The zero-order valence-electron chi connectivity index (χ0n) is 9.22. The molecule has 18 heavy (non-hydrogen) atoms. The van der Waals surface area contributed by atoms with Crippen LogP contribution in [-0.4, -0.2) is 27.2 Å². The second-order valence-corrected chi connectivity index (χ2v) is 3.81. The molecule has 0 saturated carbocycles. The highest BCUT2D eigenvalue weighted by atomic mass is 19.1. The molecule has 0 aliphatic carbocycles. The molecule has 0 spiro atoms. The Morgan fingerprint density at radius 1 is 1.50 bits per heavy atom. The smallest absolute Gasteiger partial charge is 0.325 e. The van der Waals surface area contributed by atoms with Gasteiger partial charge in [0.2, 0.25) is 0 Å². The summed E-state index contributed by atoms with van der Waals surface area (Å²) in [7, 11) is 0. The van der Waals surface area contributed by atoms with Gasteiger partial charge >= 0.3 is 5.97 Å². The number of aromatic nitrogens is 1. The number of hydrogen-bond acceptors (Lipinski definition) is 3. The first-order chi connectivity index (χ1) is 8.54. The van der Waals surface area contributed by atoms with E-state index >= 15 is 0 Å². The molecule has 5 N–H and O–H groups in total. The number of aromatic amines is 1. The number of nitrogens with one attached hydrogen (secondary N) is 1. The fourth-order valence-electron chi connectivity index (χ4n) is 1.77. The van der Waals surface area contributed by atoms with E-state index in [9.17, 15) is 14.3 Å². The van der Waals surface area contributed by atoms with E-state index in [1.54, 1.807) is 6.07 Å². The van der Waals surface area contributed by atoms with Gasteiger partial charge in [-0.25, -0.2) is 4.39 Å². The summed E-state index contributed by atoms with van der Waals surface area (Å²) in [5.41, 5.74) is 6.22. The molecule has 6 heteroatoms. The number of nitrogens with two attached hydrogens (primary N) is 1. The van der Waals surface area contributed by atoms with Gasteiger partial charge in [0.15, 0.2) is 0 Å². The molecule has 1 atom stereocenters. The molecular weight excluding hydrogens is 239 g/mol. The van der Waals surface area contributed by atoms with Gasteiger partial charge in [-0.05, 0) is 18.2 Å². The Kier molecular flexibility index (Phi) is 3.03. The Balaban J connectivity index is 2.59. The van der Waals surface area contributed by atoms with Gasteiger partial charge in [-0.15, -0.1) is 0 Å². The van der Waals surface area contributed by atoms with E-state index in [1.807, 2.05) is 0 Å². The average Bonchev–Trinajstić information content (AvgIpc) is 2.73. The quantitative estimate of drug-likeness (QED) is 0.664. The van der Waals surface area contributed by atoms with Crippen LogP contribution >= 0.6 is 0 Å². The van der Waals surface area contributed by atoms with Gasteiger partial charge < -0.3 is 20.9 Å². The molecule has 0 fully saturated rings. The highest BCUT2D eigenvalue weighted by molar-refractivity contribution is 5.99. The zero-order chi connectivity index (χ0) is 13.3. The molecule has 0 aliphatic rings. The Hall–Kier alpha value is -2.34. The van der Waals surface area contributed by atoms with Gasteiger partial charge in [0, 0.05) is 28.2 Å². The SMILES string of the molecule is NC(C(=O)O)/C(=C\F)c1c[nH]c2ccc(O)cc12. The lowest BCUT2D eigenvalue weighted by atomic mass is 10.00. The van der Waals surface area contributed by atoms with Gasteiger partial charge in [-0.3, -0.25) is 4.79 Å². The summed E-state index contributed by atoms with van der Waals surface area (Å²) in [5.74, 6) is -1.32. The monoisotopic (exact) mass is 250 g/mol. The van der Waals surface area contributed by atoms with Crippen molar-refractivity contribution in [1.29, 1.82) is 0 Å². The third kappa shape index (κ3) is 1.93. The van der Waals surface area contributed by atoms with Crippen LogP contribution in [0.25, 0.3) is 16.5 Å². The van der Waals surface area contributed by atoms with Crippen molar-refractivity contribution in [2.45, 2.75) is 6.04 Å². The molecular formula is C12H11FN2O3. The maximum Gasteiger partial charge on any atom is 0.325 e. The maximum absolute atomic E-state index is 12.9. The third-order valence-electron chi connectivity index (χ3n) is 2.69. The molecule has 1 aromatic carbocycles. The molecule has 2 aromatic rings. The molecule has 1 aromatic heterocycles. The van der Waals surface area contributed by atoms with Crippen molar-refractivity contribution >= 4 is 22.4 Å². The van der Waals surface area contributed by atoms with Crippen molar-refractivity contribution in [3.63, 3.8) is 0 Å². The second kappa shape index (κ2) is 4.50. The van der Waals surface area contributed by atoms with Crippen LogP contribution in [-0.2, 0) is 4.79 Å². The Morgan fingerprint density at radius 2 is 2.22 bits per heavy atom. The van der Waals surface area contributed by atoms with Gasteiger partial charge in [0.05, 0.1) is 6.33 Å². The lowest BCUT2D eigenvalue weighted by Crippen LogP contribution is -2.31. The lowest BCUT2D eigenvalue weighted by molar-refractivity contribution is -0.137. The number of benzene rings is 1. The van der Waals surface area contributed by atoms with E-state index in [2.05, 4.69) is 4.98 Å². The molecule has 0 saturated heterocycles. The fourth-order valence-corrected chi connectivity index (χ4v) is 1.77. The molecule has 1 heterocycles. The van der Waals surface area contributed by atoms with Crippen LogP contribution in [0.2, 0.25) is 0 Å². The van der Waals surface area contributed by atoms with Crippen molar-refractivity contribution in [3.8, 4) is 5.75 Å². The summed E-state index contributed by atoms with van der Waals surface area (Å²) < 4.78 is 12.9. The van der Waals surface area contributed by atoms with Crippen LogP contribution < -0.4 is 5.73 Å². The minimum atomic E-state index is -1.46.